The number of methoxy groups -OCH3 is 1. The van der Waals surface area contributed by atoms with Crippen molar-refractivity contribution < 1.29 is 23.7 Å². The molecule has 1 aliphatic carbocycles. The molecule has 1 aromatic carbocycles. The molecular formula is C35H43ClFN7O4. The van der Waals surface area contributed by atoms with E-state index < -0.39 is 11.4 Å². The van der Waals surface area contributed by atoms with Crippen molar-refractivity contribution in [2.75, 3.05) is 63.7 Å². The summed E-state index contributed by atoms with van der Waals surface area (Å²) >= 11 is 6.73. The van der Waals surface area contributed by atoms with E-state index >= 15 is 4.39 Å². The van der Waals surface area contributed by atoms with Crippen molar-refractivity contribution in [3.63, 3.8) is 0 Å². The van der Waals surface area contributed by atoms with E-state index in [1.165, 1.54) is 12.7 Å². The number of nitrogens with two attached hydrogens (primary N) is 1. The van der Waals surface area contributed by atoms with Crippen LogP contribution in [0.3, 0.4) is 0 Å². The fourth-order valence-corrected chi connectivity index (χ4v) is 8.09. The van der Waals surface area contributed by atoms with E-state index in [-0.39, 0.29) is 40.2 Å². The maximum atomic E-state index is 17.2. The molecule has 11 nitrogen and oxygen atoms in total. The number of pyridine rings is 1. The van der Waals surface area contributed by atoms with Crippen LogP contribution in [0.2, 0.25) is 5.02 Å². The van der Waals surface area contributed by atoms with E-state index in [1.54, 1.807) is 19.9 Å². The smallest absolute Gasteiger partial charge is 0.319 e. The number of rotatable bonds is 9. The van der Waals surface area contributed by atoms with Gasteiger partial charge in [-0.05, 0) is 76.5 Å². The Balaban J connectivity index is 1.38. The van der Waals surface area contributed by atoms with Crippen LogP contribution in [-0.2, 0) is 4.74 Å². The third kappa shape index (κ3) is 6.08. The van der Waals surface area contributed by atoms with Crippen LogP contribution in [0.25, 0.3) is 22.2 Å². The summed E-state index contributed by atoms with van der Waals surface area (Å²) in [4.78, 5) is 18.8. The van der Waals surface area contributed by atoms with E-state index in [0.29, 0.717) is 60.3 Å². The monoisotopic (exact) mass is 679 g/mol. The summed E-state index contributed by atoms with van der Waals surface area (Å²) in [5.41, 5.74) is 8.05. The van der Waals surface area contributed by atoms with Crippen molar-refractivity contribution in [1.29, 1.82) is 5.41 Å². The lowest BCUT2D eigenvalue weighted by atomic mass is 9.92. The Bertz CT molecular complexity index is 1790. The molecule has 48 heavy (non-hydrogen) atoms. The van der Waals surface area contributed by atoms with Gasteiger partial charge in [0, 0.05) is 54.3 Å². The van der Waals surface area contributed by atoms with Crippen LogP contribution < -0.4 is 20.1 Å². The van der Waals surface area contributed by atoms with Crippen LogP contribution >= 0.6 is 11.6 Å². The van der Waals surface area contributed by atoms with Crippen molar-refractivity contribution in [2.45, 2.75) is 69.4 Å². The quantitative estimate of drug-likeness (QED) is 0.151. The maximum absolute atomic E-state index is 17.2. The second-order valence-electron chi connectivity index (χ2n) is 14.0. The molecule has 0 spiro atoms. The number of nitrogens with one attached hydrogen (secondary N) is 1. The first-order valence-electron chi connectivity index (χ1n) is 16.7. The molecule has 0 bridgehead atoms. The van der Waals surface area contributed by atoms with Gasteiger partial charge in [0.15, 0.2) is 5.82 Å². The highest BCUT2D eigenvalue weighted by Crippen LogP contribution is 2.51. The molecule has 4 N–H and O–H groups in total. The van der Waals surface area contributed by atoms with Crippen LogP contribution in [-0.4, -0.2) is 95.4 Å². The molecule has 13 heteroatoms. The number of aromatic nitrogens is 3. The SMILES string of the molecule is COc1nc(-c2c(C=N)c(N)cc(Cl)c2C2CC2)c(F)c2nc(OCC34CCCN3C/C(=C\C(C)(C)O)C4)nc(N3CCCOCC3)c12. The van der Waals surface area contributed by atoms with Gasteiger partial charge in [-0.3, -0.25) is 4.90 Å². The summed E-state index contributed by atoms with van der Waals surface area (Å²) in [6, 6.07) is 1.68. The van der Waals surface area contributed by atoms with Gasteiger partial charge in [0.2, 0.25) is 5.88 Å². The number of hydrogen-bond donors (Lipinski definition) is 3. The number of hydrogen-bond acceptors (Lipinski definition) is 11. The van der Waals surface area contributed by atoms with Gasteiger partial charge in [-0.1, -0.05) is 23.3 Å². The summed E-state index contributed by atoms with van der Waals surface area (Å²) < 4.78 is 35.2. The van der Waals surface area contributed by atoms with Crippen molar-refractivity contribution in [3.05, 3.63) is 39.7 Å². The van der Waals surface area contributed by atoms with Gasteiger partial charge >= 0.3 is 6.01 Å². The minimum atomic E-state index is -0.905. The van der Waals surface area contributed by atoms with Crippen LogP contribution in [0.15, 0.2) is 17.7 Å². The van der Waals surface area contributed by atoms with E-state index in [0.717, 1.165) is 63.4 Å². The molecule has 256 valence electrons. The molecule has 0 radical (unpaired) electrons. The Morgan fingerprint density at radius 1 is 1.21 bits per heavy atom. The second-order valence-corrected chi connectivity index (χ2v) is 14.4. The normalized spacial score (nSPS) is 22.7. The molecule has 0 amide bonds. The average Bonchev–Trinajstić information content (AvgIpc) is 3.78. The summed E-state index contributed by atoms with van der Waals surface area (Å²) in [7, 11) is 1.49. The fourth-order valence-electron chi connectivity index (χ4n) is 7.73. The molecule has 1 unspecified atom stereocenters. The lowest BCUT2D eigenvalue weighted by molar-refractivity contribution is 0.108. The number of aliphatic hydroxyl groups is 1. The summed E-state index contributed by atoms with van der Waals surface area (Å²) in [5, 5.41) is 19.4. The first kappa shape index (κ1) is 32.9. The molecule has 4 fully saturated rings. The third-order valence-corrected chi connectivity index (χ3v) is 10.2. The minimum Gasteiger partial charge on any atom is -0.480 e. The van der Waals surface area contributed by atoms with Crippen LogP contribution in [0.5, 0.6) is 11.9 Å². The number of fused-ring (bicyclic) bond motifs is 2. The van der Waals surface area contributed by atoms with Crippen LogP contribution in [0.1, 0.15) is 69.4 Å². The number of nitrogen functional groups attached to an aromatic ring is 1. The zero-order valence-corrected chi connectivity index (χ0v) is 28.5. The van der Waals surface area contributed by atoms with Gasteiger partial charge in [-0.15, -0.1) is 0 Å². The topological polar surface area (TPSA) is 143 Å². The Labute approximate surface area is 284 Å². The molecular weight excluding hydrogens is 637 g/mol. The van der Waals surface area contributed by atoms with Gasteiger partial charge in [-0.2, -0.15) is 9.97 Å². The van der Waals surface area contributed by atoms with Crippen LogP contribution in [0, 0.1) is 11.2 Å². The van der Waals surface area contributed by atoms with Gasteiger partial charge in [-0.25, -0.2) is 9.37 Å². The Morgan fingerprint density at radius 3 is 2.75 bits per heavy atom. The molecule has 3 aromatic rings. The Kier molecular flexibility index (Phi) is 8.72. The highest BCUT2D eigenvalue weighted by Gasteiger charge is 2.47. The molecule has 7 rings (SSSR count). The van der Waals surface area contributed by atoms with E-state index in [2.05, 4.69) is 4.90 Å². The standard InChI is InChI=1S/C35H43ClFN7O4/c1-34(2,45)15-20-16-35(8-4-10-44(35)18-20)19-48-33-41-30-27(31(42-33)43-9-5-12-47-13-11-43)32(46-3)40-29(28(30)37)26-22(17-38)24(39)14-23(36)25(26)21-6-7-21/h14-15,17,21,38,45H,4-13,16,18-19,39H2,1-3H3/b20-15-,38-17?. The molecule has 3 saturated heterocycles. The predicted octanol–water partition coefficient (Wildman–Crippen LogP) is 5.49. The molecule has 2 aromatic heterocycles. The fraction of sp³-hybridized carbons (Fsp3) is 0.543. The number of ether oxygens (including phenoxy) is 3. The number of halogens is 2. The van der Waals surface area contributed by atoms with E-state index in [1.807, 2.05) is 11.0 Å². The number of benzene rings is 1. The Hall–Kier alpha value is -3.58. The van der Waals surface area contributed by atoms with E-state index in [9.17, 15) is 5.11 Å². The first-order chi connectivity index (χ1) is 23.0. The average molecular weight is 680 g/mol. The summed E-state index contributed by atoms with van der Waals surface area (Å²) in [6.07, 6.45) is 8.36. The van der Waals surface area contributed by atoms with Gasteiger partial charge < -0.3 is 35.4 Å². The van der Waals surface area contributed by atoms with Crippen LogP contribution in [0.4, 0.5) is 15.9 Å². The molecule has 5 heterocycles. The second kappa shape index (κ2) is 12.7. The lowest BCUT2D eigenvalue weighted by Crippen LogP contribution is -2.43. The molecule has 4 aliphatic rings. The van der Waals surface area contributed by atoms with Gasteiger partial charge in [0.1, 0.15) is 29.0 Å². The predicted molar refractivity (Wildman–Crippen MR) is 184 cm³/mol. The zero-order valence-electron chi connectivity index (χ0n) is 27.7. The third-order valence-electron chi connectivity index (χ3n) is 9.90. The highest BCUT2D eigenvalue weighted by molar-refractivity contribution is 6.32. The summed E-state index contributed by atoms with van der Waals surface area (Å²) in [6.45, 7) is 7.87. The lowest BCUT2D eigenvalue weighted by Gasteiger charge is -2.31. The van der Waals surface area contributed by atoms with Crippen molar-refractivity contribution in [2.24, 2.45) is 0 Å². The summed E-state index contributed by atoms with van der Waals surface area (Å²) in [5.74, 6) is 0.0449. The molecule has 1 atom stereocenters. The van der Waals surface area contributed by atoms with Crippen molar-refractivity contribution in [3.8, 4) is 23.1 Å². The highest BCUT2D eigenvalue weighted by atomic mass is 35.5. The number of nitrogens with zero attached hydrogens (tertiary/aromatic N) is 5. The van der Waals surface area contributed by atoms with E-state index in [4.69, 9.17) is 51.9 Å². The molecule has 1 saturated carbocycles. The van der Waals surface area contributed by atoms with Crippen molar-refractivity contribution >= 4 is 40.2 Å². The Morgan fingerprint density at radius 2 is 2.02 bits per heavy atom. The number of anilines is 2. The largest absolute Gasteiger partial charge is 0.480 e. The zero-order chi connectivity index (χ0) is 33.8. The van der Waals surface area contributed by atoms with Crippen molar-refractivity contribution in [1.82, 2.24) is 19.9 Å². The first-order valence-corrected chi connectivity index (χ1v) is 17.1. The van der Waals surface area contributed by atoms with Gasteiger partial charge in [0.25, 0.3) is 0 Å². The maximum Gasteiger partial charge on any atom is 0.319 e. The molecule has 3 aliphatic heterocycles. The van der Waals surface area contributed by atoms with Gasteiger partial charge in [0.05, 0.1) is 24.9 Å². The minimum absolute atomic E-state index is 0.00746.